The van der Waals surface area contributed by atoms with Crippen LogP contribution in [0.15, 0.2) is 57.4 Å². The molecule has 0 amide bonds. The molecule has 0 spiro atoms. The summed E-state index contributed by atoms with van der Waals surface area (Å²) >= 11 is 10.0. The van der Waals surface area contributed by atoms with Crippen LogP contribution >= 0.6 is 27.5 Å². The van der Waals surface area contributed by atoms with Gasteiger partial charge in [-0.25, -0.2) is 0 Å². The minimum absolute atomic E-state index is 0.600. The standard InChI is InChI=1S/C22H22BrClN2O2/c1-15-12-16(23)2-5-19(15)22-7-4-18(28-22)14-25-17-3-6-21(20(24)13-17)26-8-10-27-11-9-26/h2-7,12-13,25H,8-11,14H2,1H3. The minimum Gasteiger partial charge on any atom is -0.459 e. The van der Waals surface area contributed by atoms with E-state index in [1.165, 1.54) is 5.56 Å². The zero-order chi connectivity index (χ0) is 19.5. The maximum Gasteiger partial charge on any atom is 0.134 e. The van der Waals surface area contributed by atoms with Gasteiger partial charge in [0.25, 0.3) is 0 Å². The summed E-state index contributed by atoms with van der Waals surface area (Å²) in [6.45, 7) is 5.92. The van der Waals surface area contributed by atoms with Crippen LogP contribution in [-0.4, -0.2) is 26.3 Å². The first-order valence-corrected chi connectivity index (χ1v) is 10.5. The van der Waals surface area contributed by atoms with Crippen LogP contribution in [0.4, 0.5) is 11.4 Å². The van der Waals surface area contributed by atoms with Crippen LogP contribution in [0.5, 0.6) is 0 Å². The van der Waals surface area contributed by atoms with Gasteiger partial charge in [0, 0.05) is 28.8 Å². The number of anilines is 2. The number of halogens is 2. The van der Waals surface area contributed by atoms with E-state index in [-0.39, 0.29) is 0 Å². The third kappa shape index (κ3) is 4.37. The van der Waals surface area contributed by atoms with Gasteiger partial charge in [0.15, 0.2) is 0 Å². The van der Waals surface area contributed by atoms with Gasteiger partial charge in [-0.05, 0) is 61.0 Å². The summed E-state index contributed by atoms with van der Waals surface area (Å²) < 4.78 is 12.5. The molecule has 0 bridgehead atoms. The Bertz CT molecular complexity index is 967. The van der Waals surface area contributed by atoms with Crippen LogP contribution in [0, 0.1) is 6.92 Å². The van der Waals surface area contributed by atoms with Crippen LogP contribution < -0.4 is 10.2 Å². The molecular formula is C22H22BrClN2O2. The first-order valence-electron chi connectivity index (χ1n) is 9.31. The molecule has 1 fully saturated rings. The zero-order valence-corrected chi connectivity index (χ0v) is 18.0. The highest BCUT2D eigenvalue weighted by molar-refractivity contribution is 9.10. The molecule has 6 heteroatoms. The second kappa shape index (κ2) is 8.60. The monoisotopic (exact) mass is 460 g/mol. The van der Waals surface area contributed by atoms with Gasteiger partial charge in [-0.2, -0.15) is 0 Å². The van der Waals surface area contributed by atoms with Crippen molar-refractivity contribution in [2.24, 2.45) is 0 Å². The molecule has 0 saturated carbocycles. The average Bonchev–Trinajstić information content (AvgIpc) is 3.16. The van der Waals surface area contributed by atoms with E-state index < -0.39 is 0 Å². The van der Waals surface area contributed by atoms with E-state index in [0.717, 1.165) is 64.3 Å². The fraction of sp³-hybridized carbons (Fsp3) is 0.273. The second-order valence-corrected chi connectivity index (χ2v) is 8.17. The predicted octanol–water partition coefficient (Wildman–Crippen LogP) is 6.12. The number of furan rings is 1. The molecular weight excluding hydrogens is 440 g/mol. The highest BCUT2D eigenvalue weighted by Gasteiger charge is 2.14. The molecule has 1 aromatic heterocycles. The predicted molar refractivity (Wildman–Crippen MR) is 118 cm³/mol. The SMILES string of the molecule is Cc1cc(Br)ccc1-c1ccc(CNc2ccc(N3CCOCC3)c(Cl)c2)o1. The quantitative estimate of drug-likeness (QED) is 0.497. The maximum atomic E-state index is 6.51. The topological polar surface area (TPSA) is 37.6 Å². The number of ether oxygens (including phenoxy) is 1. The van der Waals surface area contributed by atoms with Gasteiger partial charge in [0.1, 0.15) is 11.5 Å². The number of nitrogens with zero attached hydrogens (tertiary/aromatic N) is 1. The summed E-state index contributed by atoms with van der Waals surface area (Å²) in [5, 5.41) is 4.14. The van der Waals surface area contributed by atoms with Crippen molar-refractivity contribution < 1.29 is 9.15 Å². The normalized spacial score (nSPS) is 14.3. The van der Waals surface area contributed by atoms with Gasteiger partial charge < -0.3 is 19.4 Å². The number of benzene rings is 2. The summed E-state index contributed by atoms with van der Waals surface area (Å²) in [6, 6.07) is 16.3. The number of rotatable bonds is 5. The summed E-state index contributed by atoms with van der Waals surface area (Å²) in [6.07, 6.45) is 0. The molecule has 0 aliphatic carbocycles. The van der Waals surface area contributed by atoms with E-state index in [2.05, 4.69) is 57.3 Å². The molecule has 1 saturated heterocycles. The lowest BCUT2D eigenvalue weighted by molar-refractivity contribution is 0.122. The first kappa shape index (κ1) is 19.4. The van der Waals surface area contributed by atoms with E-state index in [4.69, 9.17) is 20.8 Å². The molecule has 3 aromatic rings. The average molecular weight is 462 g/mol. The Morgan fingerprint density at radius 1 is 1.07 bits per heavy atom. The molecule has 0 unspecified atom stereocenters. The Balaban J connectivity index is 1.42. The summed E-state index contributed by atoms with van der Waals surface area (Å²) in [4.78, 5) is 2.26. The van der Waals surface area contributed by atoms with Crippen LogP contribution in [0.3, 0.4) is 0 Å². The molecule has 0 radical (unpaired) electrons. The van der Waals surface area contributed by atoms with Crippen molar-refractivity contribution in [2.45, 2.75) is 13.5 Å². The van der Waals surface area contributed by atoms with Crippen molar-refractivity contribution in [3.05, 3.63) is 69.3 Å². The number of aryl methyl sites for hydroxylation is 1. The number of hydrogen-bond donors (Lipinski definition) is 1. The molecule has 4 nitrogen and oxygen atoms in total. The lowest BCUT2D eigenvalue weighted by atomic mass is 10.1. The Labute approximate surface area is 178 Å². The third-order valence-electron chi connectivity index (χ3n) is 4.88. The maximum absolute atomic E-state index is 6.51. The molecule has 2 aromatic carbocycles. The van der Waals surface area contributed by atoms with Crippen LogP contribution in [0.2, 0.25) is 5.02 Å². The fourth-order valence-electron chi connectivity index (χ4n) is 3.39. The van der Waals surface area contributed by atoms with E-state index in [1.54, 1.807) is 0 Å². The molecule has 146 valence electrons. The van der Waals surface area contributed by atoms with Gasteiger partial charge in [-0.1, -0.05) is 27.5 Å². The van der Waals surface area contributed by atoms with Crippen molar-refractivity contribution in [2.75, 3.05) is 36.5 Å². The van der Waals surface area contributed by atoms with Gasteiger partial charge >= 0.3 is 0 Å². The number of nitrogens with one attached hydrogen (secondary N) is 1. The number of hydrogen-bond acceptors (Lipinski definition) is 4. The van der Waals surface area contributed by atoms with Crippen molar-refractivity contribution in [3.8, 4) is 11.3 Å². The first-order chi connectivity index (χ1) is 13.6. The van der Waals surface area contributed by atoms with Crippen LogP contribution in [0.25, 0.3) is 11.3 Å². The fourth-order valence-corrected chi connectivity index (χ4v) is 4.16. The Morgan fingerprint density at radius 3 is 2.64 bits per heavy atom. The highest BCUT2D eigenvalue weighted by Crippen LogP contribution is 2.31. The van der Waals surface area contributed by atoms with Crippen LogP contribution in [-0.2, 0) is 11.3 Å². The van der Waals surface area contributed by atoms with E-state index in [0.29, 0.717) is 6.54 Å². The largest absolute Gasteiger partial charge is 0.459 e. The van der Waals surface area contributed by atoms with E-state index >= 15 is 0 Å². The Kier molecular flexibility index (Phi) is 5.95. The van der Waals surface area contributed by atoms with Gasteiger partial charge in [0.05, 0.1) is 30.5 Å². The summed E-state index contributed by atoms with van der Waals surface area (Å²) in [7, 11) is 0. The molecule has 4 rings (SSSR count). The highest BCUT2D eigenvalue weighted by atomic mass is 79.9. The van der Waals surface area contributed by atoms with Crippen LogP contribution in [0.1, 0.15) is 11.3 Å². The van der Waals surface area contributed by atoms with E-state index in [1.807, 2.05) is 24.3 Å². The lowest BCUT2D eigenvalue weighted by Crippen LogP contribution is -2.36. The van der Waals surface area contributed by atoms with E-state index in [9.17, 15) is 0 Å². The van der Waals surface area contributed by atoms with Crippen molar-refractivity contribution in [1.82, 2.24) is 0 Å². The smallest absolute Gasteiger partial charge is 0.134 e. The molecule has 1 aliphatic rings. The zero-order valence-electron chi connectivity index (χ0n) is 15.7. The van der Waals surface area contributed by atoms with Crippen molar-refractivity contribution >= 4 is 38.9 Å². The molecule has 1 N–H and O–H groups in total. The van der Waals surface area contributed by atoms with Gasteiger partial charge in [0.2, 0.25) is 0 Å². The summed E-state index contributed by atoms with van der Waals surface area (Å²) in [5.41, 5.74) is 4.31. The Hall–Kier alpha value is -1.95. The van der Waals surface area contributed by atoms with Crippen molar-refractivity contribution in [1.29, 1.82) is 0 Å². The van der Waals surface area contributed by atoms with Gasteiger partial charge in [-0.3, -0.25) is 0 Å². The minimum atomic E-state index is 0.600. The summed E-state index contributed by atoms with van der Waals surface area (Å²) in [5.74, 6) is 1.76. The van der Waals surface area contributed by atoms with Crippen molar-refractivity contribution in [3.63, 3.8) is 0 Å². The molecule has 1 aliphatic heterocycles. The third-order valence-corrected chi connectivity index (χ3v) is 5.68. The second-order valence-electron chi connectivity index (χ2n) is 6.84. The number of morpholine rings is 1. The molecule has 28 heavy (non-hydrogen) atoms. The van der Waals surface area contributed by atoms with Gasteiger partial charge in [-0.15, -0.1) is 0 Å². The molecule has 0 atom stereocenters. The molecule has 2 heterocycles. The Morgan fingerprint density at radius 2 is 1.89 bits per heavy atom. The lowest BCUT2D eigenvalue weighted by Gasteiger charge is -2.29.